The highest BCUT2D eigenvalue weighted by Gasteiger charge is 2.62. The first-order valence-electron chi connectivity index (χ1n) is 9.73. The van der Waals surface area contributed by atoms with Gasteiger partial charge in [0.15, 0.2) is 13.8 Å². The number of imide groups is 1. The van der Waals surface area contributed by atoms with E-state index in [1.807, 2.05) is 111 Å². The molecule has 0 N–H and O–H groups in total. The van der Waals surface area contributed by atoms with E-state index in [0.717, 1.165) is 11.1 Å². The van der Waals surface area contributed by atoms with Gasteiger partial charge in [0, 0.05) is 5.69 Å². The van der Waals surface area contributed by atoms with Gasteiger partial charge in [0.2, 0.25) is 0 Å². The van der Waals surface area contributed by atoms with E-state index in [4.69, 9.17) is 0 Å². The number of hydrogen-bond donors (Lipinski definition) is 0. The summed E-state index contributed by atoms with van der Waals surface area (Å²) in [4.78, 5) is 29.6. The third-order valence-corrected chi connectivity index (χ3v) is 7.03. The predicted octanol–water partition coefficient (Wildman–Crippen LogP) is 5.23. The molecule has 0 aliphatic carbocycles. The number of benzene rings is 3. The quantitative estimate of drug-likeness (QED) is 0.444. The van der Waals surface area contributed by atoms with Gasteiger partial charge in [-0.15, -0.1) is 0 Å². The molecule has 4 rings (SSSR count). The van der Waals surface area contributed by atoms with Crippen molar-refractivity contribution in [3.63, 3.8) is 0 Å². The van der Waals surface area contributed by atoms with Gasteiger partial charge in [-0.05, 0) is 23.3 Å². The fraction of sp³-hybridized carbons (Fsp3) is 0.167. The second-order valence-electron chi connectivity index (χ2n) is 8.21. The minimum Gasteiger partial charge on any atom is -0.291 e. The van der Waals surface area contributed by atoms with Crippen LogP contribution in [0.3, 0.4) is 0 Å². The SMILES string of the molecule is C[Si](C)(C)N1C(=O)N(c2ccccc2)C(c2ccccc2)(c2ccccc2)C1=O. The Labute approximate surface area is 172 Å². The summed E-state index contributed by atoms with van der Waals surface area (Å²) in [5, 5.41) is 0. The van der Waals surface area contributed by atoms with Gasteiger partial charge >= 0.3 is 6.03 Å². The molecule has 0 radical (unpaired) electrons. The molecule has 0 aromatic heterocycles. The van der Waals surface area contributed by atoms with Crippen LogP contribution in [0.5, 0.6) is 0 Å². The molecule has 29 heavy (non-hydrogen) atoms. The summed E-state index contributed by atoms with van der Waals surface area (Å²) in [5.74, 6) is -0.178. The molecule has 0 unspecified atom stereocenters. The molecule has 5 heteroatoms. The zero-order chi connectivity index (χ0) is 20.6. The van der Waals surface area contributed by atoms with Crippen molar-refractivity contribution >= 4 is 25.9 Å². The number of hydrogen-bond acceptors (Lipinski definition) is 2. The molecule has 0 spiro atoms. The second-order valence-corrected chi connectivity index (χ2v) is 13.0. The third-order valence-electron chi connectivity index (χ3n) is 5.30. The zero-order valence-electron chi connectivity index (χ0n) is 16.9. The fourth-order valence-corrected chi connectivity index (χ4v) is 5.54. The molecule has 1 aliphatic rings. The first-order chi connectivity index (χ1) is 13.9. The van der Waals surface area contributed by atoms with Gasteiger partial charge in [-0.2, -0.15) is 0 Å². The summed E-state index contributed by atoms with van der Waals surface area (Å²) < 4.78 is 1.53. The average molecular weight is 401 g/mol. The predicted molar refractivity (Wildman–Crippen MR) is 118 cm³/mol. The van der Waals surface area contributed by atoms with E-state index < -0.39 is 13.8 Å². The van der Waals surface area contributed by atoms with Gasteiger partial charge in [-0.25, -0.2) is 4.79 Å². The van der Waals surface area contributed by atoms with Crippen molar-refractivity contribution in [2.75, 3.05) is 4.90 Å². The Bertz CT molecular complexity index is 991. The zero-order valence-corrected chi connectivity index (χ0v) is 17.9. The maximum Gasteiger partial charge on any atom is 0.324 e. The van der Waals surface area contributed by atoms with E-state index in [1.165, 1.54) is 4.57 Å². The molecule has 146 valence electrons. The van der Waals surface area contributed by atoms with E-state index >= 15 is 0 Å². The molecular formula is C24H24N2O2Si. The summed E-state index contributed by atoms with van der Waals surface area (Å²) in [6, 6.07) is 28.5. The van der Waals surface area contributed by atoms with Crippen molar-refractivity contribution in [3.05, 3.63) is 102 Å². The lowest BCUT2D eigenvalue weighted by Crippen LogP contribution is -2.51. The average Bonchev–Trinajstić information content (AvgIpc) is 2.97. The second kappa shape index (κ2) is 7.01. The molecule has 1 aliphatic heterocycles. The molecule has 0 atom stereocenters. The third kappa shape index (κ3) is 2.89. The Kier molecular flexibility index (Phi) is 4.63. The van der Waals surface area contributed by atoms with Crippen molar-refractivity contribution in [3.8, 4) is 0 Å². The van der Waals surface area contributed by atoms with Gasteiger partial charge in [0.1, 0.15) is 0 Å². The molecule has 0 saturated carbocycles. The number of nitrogens with zero attached hydrogens (tertiary/aromatic N) is 2. The Morgan fingerprint density at radius 1 is 0.655 bits per heavy atom. The summed E-state index contributed by atoms with van der Waals surface area (Å²) in [6.07, 6.45) is 0. The lowest BCUT2D eigenvalue weighted by atomic mass is 9.81. The van der Waals surface area contributed by atoms with Crippen LogP contribution in [-0.4, -0.2) is 24.7 Å². The van der Waals surface area contributed by atoms with Crippen LogP contribution in [0.25, 0.3) is 0 Å². The van der Waals surface area contributed by atoms with Crippen LogP contribution >= 0.6 is 0 Å². The highest BCUT2D eigenvalue weighted by molar-refractivity contribution is 6.78. The Balaban J connectivity index is 2.10. The molecular weight excluding hydrogens is 376 g/mol. The van der Waals surface area contributed by atoms with Crippen LogP contribution in [-0.2, 0) is 10.3 Å². The minimum atomic E-state index is -2.29. The molecule has 1 fully saturated rings. The standard InChI is InChI=1S/C24H24N2O2Si/c1-29(2,3)26-22(27)24(19-13-7-4-8-14-19,20-15-9-5-10-16-20)25(23(26)28)21-17-11-6-12-18-21/h4-18H,1-3H3. The van der Waals surface area contributed by atoms with E-state index in [1.54, 1.807) is 4.90 Å². The Morgan fingerprint density at radius 2 is 1.07 bits per heavy atom. The molecule has 3 aromatic rings. The molecule has 3 amide bonds. The van der Waals surface area contributed by atoms with E-state index in [-0.39, 0.29) is 11.9 Å². The lowest BCUT2D eigenvalue weighted by molar-refractivity contribution is -0.127. The number of amides is 3. The van der Waals surface area contributed by atoms with Crippen LogP contribution in [0.15, 0.2) is 91.0 Å². The topological polar surface area (TPSA) is 40.6 Å². The molecule has 1 saturated heterocycles. The number of carbonyl (C=O) groups is 2. The summed E-state index contributed by atoms with van der Waals surface area (Å²) in [7, 11) is -2.29. The van der Waals surface area contributed by atoms with Gasteiger partial charge < -0.3 is 0 Å². The number of urea groups is 1. The van der Waals surface area contributed by atoms with Crippen molar-refractivity contribution in [2.24, 2.45) is 0 Å². The largest absolute Gasteiger partial charge is 0.324 e. The highest BCUT2D eigenvalue weighted by atomic mass is 28.3. The van der Waals surface area contributed by atoms with E-state index in [2.05, 4.69) is 0 Å². The first-order valence-corrected chi connectivity index (χ1v) is 13.2. The molecule has 1 heterocycles. The number of carbonyl (C=O) groups excluding carboxylic acids is 2. The number of para-hydroxylation sites is 1. The van der Waals surface area contributed by atoms with Crippen molar-refractivity contribution in [1.82, 2.24) is 4.57 Å². The minimum absolute atomic E-state index is 0.178. The van der Waals surface area contributed by atoms with Crippen LogP contribution in [0.1, 0.15) is 11.1 Å². The van der Waals surface area contributed by atoms with Crippen LogP contribution < -0.4 is 4.90 Å². The molecule has 3 aromatic carbocycles. The Morgan fingerprint density at radius 3 is 1.48 bits per heavy atom. The van der Waals surface area contributed by atoms with Crippen LogP contribution in [0, 0.1) is 0 Å². The van der Waals surface area contributed by atoms with Gasteiger partial charge in [0.05, 0.1) is 0 Å². The highest BCUT2D eigenvalue weighted by Crippen LogP contribution is 2.47. The van der Waals surface area contributed by atoms with Crippen molar-refractivity contribution < 1.29 is 9.59 Å². The van der Waals surface area contributed by atoms with Gasteiger partial charge in [-0.1, -0.05) is 98.5 Å². The lowest BCUT2D eigenvalue weighted by Gasteiger charge is -2.36. The van der Waals surface area contributed by atoms with Crippen LogP contribution in [0.4, 0.5) is 10.5 Å². The van der Waals surface area contributed by atoms with Gasteiger partial charge in [-0.3, -0.25) is 14.3 Å². The fourth-order valence-electron chi connectivity index (χ4n) is 4.09. The van der Waals surface area contributed by atoms with E-state index in [9.17, 15) is 9.59 Å². The number of rotatable bonds is 4. The maximum absolute atomic E-state index is 14.2. The summed E-state index contributed by atoms with van der Waals surface area (Å²) in [6.45, 7) is 6.08. The first kappa shape index (κ1) is 19.1. The maximum atomic E-state index is 14.2. The van der Waals surface area contributed by atoms with Crippen LogP contribution in [0.2, 0.25) is 19.6 Å². The molecule has 4 nitrogen and oxygen atoms in total. The summed E-state index contributed by atoms with van der Waals surface area (Å²) >= 11 is 0. The van der Waals surface area contributed by atoms with Crippen molar-refractivity contribution in [2.45, 2.75) is 25.2 Å². The monoisotopic (exact) mass is 400 g/mol. The smallest absolute Gasteiger partial charge is 0.291 e. The normalized spacial score (nSPS) is 16.4. The summed E-state index contributed by atoms with van der Waals surface area (Å²) in [5.41, 5.74) is 1.05. The molecule has 0 bridgehead atoms. The Hall–Kier alpha value is -3.18. The number of anilines is 1. The van der Waals surface area contributed by atoms with Gasteiger partial charge in [0.25, 0.3) is 5.91 Å². The van der Waals surface area contributed by atoms with E-state index in [0.29, 0.717) is 5.69 Å². The van der Waals surface area contributed by atoms with Crippen molar-refractivity contribution in [1.29, 1.82) is 0 Å².